The van der Waals surface area contributed by atoms with Crippen molar-refractivity contribution >= 4 is 11.8 Å². The second kappa shape index (κ2) is 11.3. The lowest BCUT2D eigenvalue weighted by molar-refractivity contribution is -0.135. The molecule has 6 heteroatoms. The maximum atomic E-state index is 12.8. The Morgan fingerprint density at radius 1 is 1.00 bits per heavy atom. The number of carbonyl (C=O) groups excluding carboxylic acids is 2. The van der Waals surface area contributed by atoms with Crippen LogP contribution in [0, 0.1) is 5.92 Å². The second-order valence-electron chi connectivity index (χ2n) is 8.32. The molecular formula is C27H29N3O3. The van der Waals surface area contributed by atoms with E-state index in [9.17, 15) is 9.59 Å². The number of aromatic nitrogens is 1. The largest absolute Gasteiger partial charge is 0.487 e. The minimum atomic E-state index is -0.179. The molecule has 1 aromatic heterocycles. The van der Waals surface area contributed by atoms with Crippen molar-refractivity contribution in [2.45, 2.75) is 32.4 Å². The SMILES string of the molecule is O=C(NCc1cccc(OCc2ccccn2)c1)C1CCCN(C(=O)Cc2ccccc2)C1. The summed E-state index contributed by atoms with van der Waals surface area (Å²) >= 11 is 0. The number of benzene rings is 2. The van der Waals surface area contributed by atoms with Crippen LogP contribution in [0.25, 0.3) is 0 Å². The molecule has 1 aliphatic rings. The summed E-state index contributed by atoms with van der Waals surface area (Å²) in [7, 11) is 0. The van der Waals surface area contributed by atoms with E-state index in [1.165, 1.54) is 0 Å². The summed E-state index contributed by atoms with van der Waals surface area (Å²) in [6.45, 7) is 2.01. The van der Waals surface area contributed by atoms with E-state index in [1.807, 2.05) is 77.7 Å². The number of hydrogen-bond acceptors (Lipinski definition) is 4. The number of nitrogens with one attached hydrogen (secondary N) is 1. The maximum Gasteiger partial charge on any atom is 0.227 e. The first-order valence-corrected chi connectivity index (χ1v) is 11.4. The number of amides is 2. The smallest absolute Gasteiger partial charge is 0.227 e. The molecule has 1 atom stereocenters. The van der Waals surface area contributed by atoms with E-state index in [4.69, 9.17) is 4.74 Å². The molecular weight excluding hydrogens is 414 g/mol. The van der Waals surface area contributed by atoms with Gasteiger partial charge in [0, 0.05) is 25.8 Å². The van der Waals surface area contributed by atoms with Crippen molar-refractivity contribution < 1.29 is 14.3 Å². The molecule has 2 amide bonds. The molecule has 33 heavy (non-hydrogen) atoms. The van der Waals surface area contributed by atoms with Gasteiger partial charge in [-0.1, -0.05) is 48.5 Å². The van der Waals surface area contributed by atoms with Crippen molar-refractivity contribution in [2.75, 3.05) is 13.1 Å². The van der Waals surface area contributed by atoms with Crippen LogP contribution in [0.4, 0.5) is 0 Å². The highest BCUT2D eigenvalue weighted by atomic mass is 16.5. The molecule has 1 N–H and O–H groups in total. The van der Waals surface area contributed by atoms with Crippen LogP contribution >= 0.6 is 0 Å². The first-order chi connectivity index (χ1) is 16.2. The molecule has 1 saturated heterocycles. The van der Waals surface area contributed by atoms with Gasteiger partial charge in [0.25, 0.3) is 0 Å². The summed E-state index contributed by atoms with van der Waals surface area (Å²) in [4.78, 5) is 31.6. The number of nitrogens with zero attached hydrogens (tertiary/aromatic N) is 2. The fraction of sp³-hybridized carbons (Fsp3) is 0.296. The Bertz CT molecular complexity index is 1060. The fourth-order valence-corrected chi connectivity index (χ4v) is 4.02. The van der Waals surface area contributed by atoms with Gasteiger partial charge in [-0.15, -0.1) is 0 Å². The third-order valence-corrected chi connectivity index (χ3v) is 5.82. The van der Waals surface area contributed by atoms with Crippen LogP contribution in [0.5, 0.6) is 5.75 Å². The average Bonchev–Trinajstić information content (AvgIpc) is 2.87. The molecule has 6 nitrogen and oxygen atoms in total. The summed E-state index contributed by atoms with van der Waals surface area (Å²) in [5.41, 5.74) is 2.83. The normalized spacial score (nSPS) is 15.6. The topological polar surface area (TPSA) is 71.5 Å². The van der Waals surface area contributed by atoms with Gasteiger partial charge < -0.3 is 15.0 Å². The van der Waals surface area contributed by atoms with E-state index < -0.39 is 0 Å². The Labute approximate surface area is 194 Å². The Morgan fingerprint density at radius 2 is 1.82 bits per heavy atom. The van der Waals surface area contributed by atoms with Crippen molar-refractivity contribution in [3.05, 3.63) is 95.8 Å². The molecule has 4 rings (SSSR count). The van der Waals surface area contributed by atoms with E-state index in [0.29, 0.717) is 32.7 Å². The first kappa shape index (κ1) is 22.5. The van der Waals surface area contributed by atoms with Gasteiger partial charge in [0.15, 0.2) is 0 Å². The third-order valence-electron chi connectivity index (χ3n) is 5.82. The predicted octanol–water partition coefficient (Wildman–Crippen LogP) is 3.76. The first-order valence-electron chi connectivity index (χ1n) is 11.4. The highest BCUT2D eigenvalue weighted by molar-refractivity contribution is 5.82. The van der Waals surface area contributed by atoms with Crippen molar-refractivity contribution in [2.24, 2.45) is 5.92 Å². The number of hydrogen-bond donors (Lipinski definition) is 1. The monoisotopic (exact) mass is 443 g/mol. The molecule has 3 aromatic rings. The highest BCUT2D eigenvalue weighted by Gasteiger charge is 2.28. The number of piperidine rings is 1. The molecule has 2 aromatic carbocycles. The molecule has 1 fully saturated rings. The van der Waals surface area contributed by atoms with Crippen LogP contribution in [0.3, 0.4) is 0 Å². The zero-order chi connectivity index (χ0) is 22.9. The van der Waals surface area contributed by atoms with Gasteiger partial charge in [-0.2, -0.15) is 0 Å². The Morgan fingerprint density at radius 3 is 2.64 bits per heavy atom. The summed E-state index contributed by atoms with van der Waals surface area (Å²) < 4.78 is 5.83. The van der Waals surface area contributed by atoms with E-state index in [0.717, 1.165) is 35.4 Å². The molecule has 0 saturated carbocycles. The molecule has 1 aliphatic heterocycles. The van der Waals surface area contributed by atoms with Gasteiger partial charge in [-0.05, 0) is 48.2 Å². The molecule has 0 radical (unpaired) electrons. The van der Waals surface area contributed by atoms with Gasteiger partial charge in [0.2, 0.25) is 11.8 Å². The van der Waals surface area contributed by atoms with E-state index >= 15 is 0 Å². The number of likely N-dealkylation sites (tertiary alicyclic amines) is 1. The Kier molecular flexibility index (Phi) is 7.69. The van der Waals surface area contributed by atoms with Crippen LogP contribution in [0.2, 0.25) is 0 Å². The molecule has 0 spiro atoms. The van der Waals surface area contributed by atoms with Crippen LogP contribution in [-0.2, 0) is 29.2 Å². The minimum absolute atomic E-state index is 0.00739. The lowest BCUT2D eigenvalue weighted by Crippen LogP contribution is -2.45. The number of pyridine rings is 1. The van der Waals surface area contributed by atoms with Crippen molar-refractivity contribution in [3.8, 4) is 5.75 Å². The summed E-state index contributed by atoms with van der Waals surface area (Å²) in [6, 6.07) is 23.2. The molecule has 1 unspecified atom stereocenters. The second-order valence-corrected chi connectivity index (χ2v) is 8.32. The highest BCUT2D eigenvalue weighted by Crippen LogP contribution is 2.19. The molecule has 170 valence electrons. The molecule has 0 aliphatic carbocycles. The van der Waals surface area contributed by atoms with Crippen molar-refractivity contribution in [1.82, 2.24) is 15.2 Å². The molecule has 2 heterocycles. The summed E-state index contributed by atoms with van der Waals surface area (Å²) in [6.07, 6.45) is 3.76. The maximum absolute atomic E-state index is 12.8. The number of ether oxygens (including phenoxy) is 1. The zero-order valence-corrected chi connectivity index (χ0v) is 18.7. The number of carbonyl (C=O) groups is 2. The molecule has 0 bridgehead atoms. The van der Waals surface area contributed by atoms with Gasteiger partial charge in [0.1, 0.15) is 12.4 Å². The minimum Gasteiger partial charge on any atom is -0.487 e. The number of rotatable bonds is 8. The van der Waals surface area contributed by atoms with Gasteiger partial charge >= 0.3 is 0 Å². The third kappa shape index (κ3) is 6.65. The summed E-state index contributed by atoms with van der Waals surface area (Å²) in [5.74, 6) is 0.633. The fourth-order valence-electron chi connectivity index (χ4n) is 4.02. The Balaban J connectivity index is 1.26. The van der Waals surface area contributed by atoms with Crippen LogP contribution in [0.1, 0.15) is 29.7 Å². The standard InChI is InChI=1S/C27H29N3O3/c31-26(17-21-8-2-1-3-9-21)30-15-7-11-23(19-30)27(32)29-18-22-10-6-13-25(16-22)33-20-24-12-4-5-14-28-24/h1-6,8-10,12-14,16,23H,7,11,15,17-20H2,(H,29,32). The lowest BCUT2D eigenvalue weighted by atomic mass is 9.96. The van der Waals surface area contributed by atoms with E-state index in [-0.39, 0.29) is 17.7 Å². The van der Waals surface area contributed by atoms with Gasteiger partial charge in [0.05, 0.1) is 18.0 Å². The van der Waals surface area contributed by atoms with Crippen LogP contribution in [-0.4, -0.2) is 34.8 Å². The quantitative estimate of drug-likeness (QED) is 0.576. The van der Waals surface area contributed by atoms with E-state index in [2.05, 4.69) is 10.3 Å². The average molecular weight is 444 g/mol. The van der Waals surface area contributed by atoms with Crippen LogP contribution < -0.4 is 10.1 Å². The predicted molar refractivity (Wildman–Crippen MR) is 126 cm³/mol. The van der Waals surface area contributed by atoms with Crippen molar-refractivity contribution in [1.29, 1.82) is 0 Å². The van der Waals surface area contributed by atoms with Gasteiger partial charge in [-0.3, -0.25) is 14.6 Å². The van der Waals surface area contributed by atoms with Crippen molar-refractivity contribution in [3.63, 3.8) is 0 Å². The lowest BCUT2D eigenvalue weighted by Gasteiger charge is -2.32. The summed E-state index contributed by atoms with van der Waals surface area (Å²) in [5, 5.41) is 3.03. The zero-order valence-electron chi connectivity index (χ0n) is 18.7. The van der Waals surface area contributed by atoms with E-state index in [1.54, 1.807) is 6.20 Å². The van der Waals surface area contributed by atoms with Crippen LogP contribution in [0.15, 0.2) is 79.0 Å². The Hall–Kier alpha value is -3.67. The van der Waals surface area contributed by atoms with Gasteiger partial charge in [-0.25, -0.2) is 0 Å².